The number of fused-ring (bicyclic) bond motifs is 2. The lowest BCUT2D eigenvalue weighted by atomic mass is 9.95. The minimum absolute atomic E-state index is 0.0717. The first-order chi connectivity index (χ1) is 11.1. The molecule has 23 heavy (non-hydrogen) atoms. The number of benzene rings is 1. The van der Waals surface area contributed by atoms with Gasteiger partial charge in [0.2, 0.25) is 0 Å². The van der Waals surface area contributed by atoms with Crippen molar-refractivity contribution in [3.8, 4) is 0 Å². The summed E-state index contributed by atoms with van der Waals surface area (Å²) in [5.41, 5.74) is 0.612. The summed E-state index contributed by atoms with van der Waals surface area (Å²) in [5.74, 6) is -0.218. The van der Waals surface area contributed by atoms with Crippen LogP contribution in [0.1, 0.15) is 55.8 Å². The molecule has 2 saturated heterocycles. The Morgan fingerprint density at radius 1 is 1.22 bits per heavy atom. The smallest absolute Gasteiger partial charge is 0.254 e. The maximum absolute atomic E-state index is 13.1. The van der Waals surface area contributed by atoms with Gasteiger partial charge in [-0.25, -0.2) is 4.39 Å². The number of unbranched alkanes of at least 4 members (excludes halogenated alkanes) is 1. The molecule has 2 aliphatic heterocycles. The number of nitrogens with one attached hydrogen (secondary N) is 1. The molecule has 2 unspecified atom stereocenters. The molecule has 2 heterocycles. The second-order valence-corrected chi connectivity index (χ2v) is 7.20. The predicted molar refractivity (Wildman–Crippen MR) is 89.1 cm³/mol. The monoisotopic (exact) mass is 319 g/mol. The van der Waals surface area contributed by atoms with E-state index in [1.807, 2.05) is 0 Å². The highest BCUT2D eigenvalue weighted by atomic mass is 19.1. The van der Waals surface area contributed by atoms with Crippen LogP contribution in [-0.4, -0.2) is 42.5 Å². The number of hydrogen-bond donors (Lipinski definition) is 1. The van der Waals surface area contributed by atoms with E-state index in [2.05, 4.69) is 18.9 Å². The van der Waals surface area contributed by atoms with Crippen LogP contribution in [0, 0.1) is 5.82 Å². The van der Waals surface area contributed by atoms with Crippen molar-refractivity contribution >= 4 is 5.91 Å². The zero-order chi connectivity index (χ0) is 16.4. The van der Waals surface area contributed by atoms with Gasteiger partial charge in [0.05, 0.1) is 19.1 Å². The van der Waals surface area contributed by atoms with E-state index in [-0.39, 0.29) is 11.7 Å². The summed E-state index contributed by atoms with van der Waals surface area (Å²) in [4.78, 5) is 16.7. The first-order valence-electron chi connectivity index (χ1n) is 9.00. The van der Waals surface area contributed by atoms with Crippen LogP contribution >= 0.6 is 0 Å². The average molecular weight is 319 g/mol. The molecule has 2 fully saturated rings. The lowest BCUT2D eigenvalue weighted by molar-refractivity contribution is -0.922. The SMILES string of the molecule is CCCCN(C(=O)c1ccc(F)cc1)C1CC2CCC(C1)[NH+]2C. The third kappa shape index (κ3) is 3.42. The fraction of sp³-hybridized carbons (Fsp3) is 0.632. The van der Waals surface area contributed by atoms with Gasteiger partial charge in [-0.2, -0.15) is 0 Å². The van der Waals surface area contributed by atoms with Crippen LogP contribution in [0.25, 0.3) is 0 Å². The summed E-state index contributed by atoms with van der Waals surface area (Å²) in [6.45, 7) is 2.97. The Morgan fingerprint density at radius 3 is 2.39 bits per heavy atom. The van der Waals surface area contributed by atoms with Crippen LogP contribution < -0.4 is 4.90 Å². The molecule has 2 bridgehead atoms. The molecule has 0 spiro atoms. The number of carbonyl (C=O) groups is 1. The average Bonchev–Trinajstić information content (AvgIpc) is 2.76. The predicted octanol–water partition coefficient (Wildman–Crippen LogP) is 2.28. The van der Waals surface area contributed by atoms with Crippen LogP contribution in [-0.2, 0) is 0 Å². The highest BCUT2D eigenvalue weighted by Gasteiger charge is 2.44. The zero-order valence-electron chi connectivity index (χ0n) is 14.2. The van der Waals surface area contributed by atoms with Gasteiger partial charge < -0.3 is 9.80 Å². The highest BCUT2D eigenvalue weighted by molar-refractivity contribution is 5.94. The summed E-state index contributed by atoms with van der Waals surface area (Å²) < 4.78 is 13.1. The summed E-state index contributed by atoms with van der Waals surface area (Å²) in [6, 6.07) is 7.74. The van der Waals surface area contributed by atoms with Crippen molar-refractivity contribution in [2.24, 2.45) is 0 Å². The summed E-state index contributed by atoms with van der Waals surface area (Å²) in [7, 11) is 2.30. The Balaban J connectivity index is 1.77. The van der Waals surface area contributed by atoms with E-state index >= 15 is 0 Å². The molecule has 1 N–H and O–H groups in total. The summed E-state index contributed by atoms with van der Waals surface area (Å²) in [6.07, 6.45) is 6.91. The topological polar surface area (TPSA) is 24.8 Å². The molecular weight excluding hydrogens is 291 g/mol. The molecule has 2 aliphatic rings. The van der Waals surface area contributed by atoms with Crippen LogP contribution in [0.3, 0.4) is 0 Å². The number of halogens is 1. The van der Waals surface area contributed by atoms with Gasteiger partial charge in [-0.3, -0.25) is 4.79 Å². The normalized spacial score (nSPS) is 29.5. The van der Waals surface area contributed by atoms with Gasteiger partial charge in [-0.1, -0.05) is 13.3 Å². The summed E-state index contributed by atoms with van der Waals surface area (Å²) in [5, 5.41) is 0. The van der Waals surface area contributed by atoms with Gasteiger partial charge >= 0.3 is 0 Å². The molecule has 2 atom stereocenters. The number of quaternary nitrogens is 1. The standard InChI is InChI=1S/C19H27FN2O/c1-3-4-11-22(19(23)14-5-7-15(20)8-6-14)18-12-16-9-10-17(13-18)21(16)2/h5-8,16-18H,3-4,9-13H2,1-2H3/p+1. The molecule has 3 rings (SSSR count). The van der Waals surface area contributed by atoms with Gasteiger partial charge in [-0.05, 0) is 30.7 Å². The molecule has 3 nitrogen and oxygen atoms in total. The third-order valence-corrected chi connectivity index (χ3v) is 5.81. The molecule has 1 amide bonds. The molecule has 0 saturated carbocycles. The highest BCUT2D eigenvalue weighted by Crippen LogP contribution is 2.27. The molecule has 126 valence electrons. The molecule has 1 aromatic rings. The Hall–Kier alpha value is -1.42. The summed E-state index contributed by atoms with van der Waals surface area (Å²) >= 11 is 0. The van der Waals surface area contributed by atoms with Gasteiger partial charge in [0.15, 0.2) is 0 Å². The molecular formula is C19H28FN2O+. The zero-order valence-corrected chi connectivity index (χ0v) is 14.2. The minimum atomic E-state index is -0.289. The largest absolute Gasteiger partial charge is 0.335 e. The van der Waals surface area contributed by atoms with Crippen molar-refractivity contribution < 1.29 is 14.1 Å². The van der Waals surface area contributed by atoms with Crippen LogP contribution in [0.2, 0.25) is 0 Å². The van der Waals surface area contributed by atoms with Crippen molar-refractivity contribution in [3.05, 3.63) is 35.6 Å². The maximum atomic E-state index is 13.1. The minimum Gasteiger partial charge on any atom is -0.335 e. The first kappa shape index (κ1) is 16.4. The van der Waals surface area contributed by atoms with Crippen LogP contribution in [0.15, 0.2) is 24.3 Å². The quantitative estimate of drug-likeness (QED) is 0.885. The molecule has 0 aromatic heterocycles. The Kier molecular flexibility index (Phi) is 5.00. The van der Waals surface area contributed by atoms with Crippen molar-refractivity contribution in [1.29, 1.82) is 0 Å². The van der Waals surface area contributed by atoms with Gasteiger partial charge in [0.1, 0.15) is 5.82 Å². The second-order valence-electron chi connectivity index (χ2n) is 7.20. The molecule has 0 aliphatic carbocycles. The lowest BCUT2D eigenvalue weighted by Crippen LogP contribution is -3.15. The molecule has 1 aromatic carbocycles. The Labute approximate surface area is 138 Å². The van der Waals surface area contributed by atoms with E-state index < -0.39 is 0 Å². The number of hydrogen-bond acceptors (Lipinski definition) is 1. The van der Waals surface area contributed by atoms with Crippen LogP contribution in [0.5, 0.6) is 0 Å². The van der Waals surface area contributed by atoms with E-state index in [1.54, 1.807) is 17.0 Å². The maximum Gasteiger partial charge on any atom is 0.254 e. The van der Waals surface area contributed by atoms with Crippen molar-refractivity contribution in [3.63, 3.8) is 0 Å². The lowest BCUT2D eigenvalue weighted by Gasteiger charge is -2.40. The Morgan fingerprint density at radius 2 is 1.83 bits per heavy atom. The Bertz CT molecular complexity index is 531. The number of amides is 1. The molecule has 0 radical (unpaired) electrons. The first-order valence-corrected chi connectivity index (χ1v) is 9.00. The van der Waals surface area contributed by atoms with E-state index in [0.29, 0.717) is 23.7 Å². The van der Waals surface area contributed by atoms with Crippen molar-refractivity contribution in [2.75, 3.05) is 13.6 Å². The third-order valence-electron chi connectivity index (χ3n) is 5.81. The number of piperidine rings is 1. The fourth-order valence-electron chi connectivity index (χ4n) is 4.34. The van der Waals surface area contributed by atoms with Gasteiger partial charge in [0.25, 0.3) is 5.91 Å². The van der Waals surface area contributed by atoms with Crippen LogP contribution in [0.4, 0.5) is 4.39 Å². The van der Waals surface area contributed by atoms with Gasteiger partial charge in [0, 0.05) is 43.8 Å². The van der Waals surface area contributed by atoms with E-state index in [9.17, 15) is 9.18 Å². The number of nitrogens with zero attached hydrogens (tertiary/aromatic N) is 1. The van der Waals surface area contributed by atoms with E-state index in [1.165, 1.54) is 25.0 Å². The number of rotatable bonds is 5. The number of carbonyl (C=O) groups excluding carboxylic acids is 1. The fourth-order valence-corrected chi connectivity index (χ4v) is 4.34. The van der Waals surface area contributed by atoms with E-state index in [4.69, 9.17) is 0 Å². The van der Waals surface area contributed by atoms with E-state index in [0.717, 1.165) is 32.2 Å². The van der Waals surface area contributed by atoms with Crippen molar-refractivity contribution in [2.45, 2.75) is 63.6 Å². The molecule has 4 heteroatoms. The van der Waals surface area contributed by atoms with Crippen molar-refractivity contribution in [1.82, 2.24) is 4.90 Å². The van der Waals surface area contributed by atoms with Gasteiger partial charge in [-0.15, -0.1) is 0 Å². The second kappa shape index (κ2) is 7.00.